The molecule has 0 radical (unpaired) electrons. The van der Waals surface area contributed by atoms with E-state index in [4.69, 9.17) is 5.73 Å². The van der Waals surface area contributed by atoms with Gasteiger partial charge in [0, 0.05) is 18.2 Å². The largest absolute Gasteiger partial charge is 0.352 e. The molecule has 0 aliphatic heterocycles. The lowest BCUT2D eigenvalue weighted by atomic mass is 10.1. The van der Waals surface area contributed by atoms with E-state index in [1.54, 1.807) is 6.20 Å². The molecular weight excluding hydrogens is 276 g/mol. The molecule has 0 fully saturated rings. The highest BCUT2D eigenvalue weighted by molar-refractivity contribution is 5.99. The lowest BCUT2D eigenvalue weighted by Crippen LogP contribution is -2.29. The number of aromatic nitrogens is 2. The van der Waals surface area contributed by atoms with Crippen molar-refractivity contribution in [1.82, 2.24) is 15.5 Å². The van der Waals surface area contributed by atoms with Gasteiger partial charge in [-0.05, 0) is 13.3 Å². The van der Waals surface area contributed by atoms with Crippen molar-refractivity contribution in [2.24, 2.45) is 5.73 Å². The van der Waals surface area contributed by atoms with Crippen molar-refractivity contribution >= 4 is 18.3 Å². The Morgan fingerprint density at radius 3 is 2.75 bits per heavy atom. The van der Waals surface area contributed by atoms with Crippen LogP contribution in [0.2, 0.25) is 0 Å². The van der Waals surface area contributed by atoms with Crippen LogP contribution in [0.15, 0.2) is 36.5 Å². The predicted molar refractivity (Wildman–Crippen MR) is 81.9 cm³/mol. The van der Waals surface area contributed by atoms with Crippen molar-refractivity contribution in [3.05, 3.63) is 42.1 Å². The summed E-state index contributed by atoms with van der Waals surface area (Å²) in [5.74, 6) is -0.131. The average Bonchev–Trinajstić information content (AvgIpc) is 2.88. The first kappa shape index (κ1) is 16.2. The molecular formula is C14H19ClN4O. The molecule has 1 unspecified atom stereocenters. The third-order valence-corrected chi connectivity index (χ3v) is 2.83. The second kappa shape index (κ2) is 7.67. The van der Waals surface area contributed by atoms with Crippen molar-refractivity contribution in [3.63, 3.8) is 0 Å². The van der Waals surface area contributed by atoms with Crippen LogP contribution in [0.3, 0.4) is 0 Å². The van der Waals surface area contributed by atoms with Crippen LogP contribution >= 0.6 is 12.4 Å². The first-order valence-corrected chi connectivity index (χ1v) is 6.31. The second-order valence-corrected chi connectivity index (χ2v) is 4.55. The van der Waals surface area contributed by atoms with Crippen LogP contribution in [0.1, 0.15) is 23.7 Å². The van der Waals surface area contributed by atoms with Gasteiger partial charge in [-0.15, -0.1) is 12.4 Å². The summed E-state index contributed by atoms with van der Waals surface area (Å²) in [6.45, 7) is 2.48. The standard InChI is InChI=1S/C14H18N4O.ClH/c1-10(15)7-8-16-14(19)12-9-17-18-13(12)11-5-3-2-4-6-11;/h2-6,9-10H,7-8,15H2,1H3,(H,16,19)(H,17,18);1H. The molecule has 4 N–H and O–H groups in total. The molecule has 1 aromatic carbocycles. The van der Waals surface area contributed by atoms with Gasteiger partial charge in [0.15, 0.2) is 0 Å². The van der Waals surface area contributed by atoms with Gasteiger partial charge < -0.3 is 11.1 Å². The SMILES string of the molecule is CC(N)CCNC(=O)c1cn[nH]c1-c1ccccc1.Cl. The Labute approximate surface area is 124 Å². The van der Waals surface area contributed by atoms with Crippen molar-refractivity contribution in [2.75, 3.05) is 6.54 Å². The van der Waals surface area contributed by atoms with Crippen LogP contribution in [-0.4, -0.2) is 28.7 Å². The van der Waals surface area contributed by atoms with Gasteiger partial charge in [-0.2, -0.15) is 5.10 Å². The lowest BCUT2D eigenvalue weighted by Gasteiger charge is -2.07. The van der Waals surface area contributed by atoms with Gasteiger partial charge in [-0.25, -0.2) is 0 Å². The fourth-order valence-corrected chi connectivity index (χ4v) is 1.79. The average molecular weight is 295 g/mol. The van der Waals surface area contributed by atoms with E-state index in [2.05, 4.69) is 15.5 Å². The number of aromatic amines is 1. The number of halogens is 1. The minimum absolute atomic E-state index is 0. The third-order valence-electron chi connectivity index (χ3n) is 2.83. The van der Waals surface area contributed by atoms with E-state index in [0.717, 1.165) is 17.7 Å². The smallest absolute Gasteiger partial charge is 0.255 e. The number of nitrogens with one attached hydrogen (secondary N) is 2. The summed E-state index contributed by atoms with van der Waals surface area (Å²) in [5, 5.41) is 9.67. The molecule has 6 heteroatoms. The highest BCUT2D eigenvalue weighted by Gasteiger charge is 2.14. The van der Waals surface area contributed by atoms with E-state index in [-0.39, 0.29) is 24.4 Å². The number of amides is 1. The number of nitrogens with zero attached hydrogens (tertiary/aromatic N) is 1. The fourth-order valence-electron chi connectivity index (χ4n) is 1.79. The number of carbonyl (C=O) groups excluding carboxylic acids is 1. The summed E-state index contributed by atoms with van der Waals surface area (Å²) in [6.07, 6.45) is 2.30. The molecule has 5 nitrogen and oxygen atoms in total. The summed E-state index contributed by atoms with van der Waals surface area (Å²) >= 11 is 0. The Kier molecular flexibility index (Phi) is 6.21. The van der Waals surface area contributed by atoms with Crippen LogP contribution in [0.5, 0.6) is 0 Å². The van der Waals surface area contributed by atoms with Crippen molar-refractivity contribution < 1.29 is 4.79 Å². The molecule has 0 aliphatic rings. The Hall–Kier alpha value is -1.85. The zero-order valence-electron chi connectivity index (χ0n) is 11.3. The number of hydrogen-bond acceptors (Lipinski definition) is 3. The maximum absolute atomic E-state index is 12.1. The molecule has 0 bridgehead atoms. The second-order valence-electron chi connectivity index (χ2n) is 4.55. The Bertz CT molecular complexity index is 539. The number of hydrogen-bond donors (Lipinski definition) is 3. The zero-order chi connectivity index (χ0) is 13.7. The van der Waals surface area contributed by atoms with E-state index in [1.807, 2.05) is 37.3 Å². The Balaban J connectivity index is 0.00000200. The summed E-state index contributed by atoms with van der Waals surface area (Å²) in [6, 6.07) is 9.74. The predicted octanol–water partition coefficient (Wildman–Crippen LogP) is 1.97. The molecule has 0 saturated heterocycles. The molecule has 1 amide bonds. The van der Waals surface area contributed by atoms with Gasteiger partial charge in [0.05, 0.1) is 17.5 Å². The highest BCUT2D eigenvalue weighted by atomic mass is 35.5. The maximum Gasteiger partial charge on any atom is 0.255 e. The molecule has 1 heterocycles. The van der Waals surface area contributed by atoms with Crippen LogP contribution in [0.25, 0.3) is 11.3 Å². The number of benzene rings is 1. The molecule has 108 valence electrons. The van der Waals surface area contributed by atoms with E-state index in [1.165, 1.54) is 0 Å². The summed E-state index contributed by atoms with van der Waals surface area (Å²) in [4.78, 5) is 12.1. The van der Waals surface area contributed by atoms with Crippen LogP contribution < -0.4 is 11.1 Å². The van der Waals surface area contributed by atoms with Gasteiger partial charge >= 0.3 is 0 Å². The van der Waals surface area contributed by atoms with Crippen LogP contribution in [-0.2, 0) is 0 Å². The molecule has 0 aliphatic carbocycles. The van der Waals surface area contributed by atoms with E-state index >= 15 is 0 Å². The first-order valence-electron chi connectivity index (χ1n) is 6.31. The van der Waals surface area contributed by atoms with Gasteiger partial charge in [-0.1, -0.05) is 30.3 Å². The molecule has 2 rings (SSSR count). The Morgan fingerprint density at radius 1 is 1.40 bits per heavy atom. The number of carbonyl (C=O) groups is 1. The van der Waals surface area contributed by atoms with Crippen molar-refractivity contribution in [1.29, 1.82) is 0 Å². The first-order chi connectivity index (χ1) is 9.18. The normalized spacial score (nSPS) is 11.5. The summed E-state index contributed by atoms with van der Waals surface area (Å²) < 4.78 is 0. The highest BCUT2D eigenvalue weighted by Crippen LogP contribution is 2.20. The van der Waals surface area contributed by atoms with Gasteiger partial charge in [0.1, 0.15) is 0 Å². The zero-order valence-corrected chi connectivity index (χ0v) is 12.1. The topological polar surface area (TPSA) is 83.8 Å². The molecule has 1 aromatic heterocycles. The Morgan fingerprint density at radius 2 is 2.10 bits per heavy atom. The van der Waals surface area contributed by atoms with Crippen molar-refractivity contribution in [2.45, 2.75) is 19.4 Å². The van der Waals surface area contributed by atoms with Gasteiger partial charge in [-0.3, -0.25) is 9.89 Å². The molecule has 2 aromatic rings. The monoisotopic (exact) mass is 294 g/mol. The van der Waals surface area contributed by atoms with E-state index < -0.39 is 0 Å². The quantitative estimate of drug-likeness (QED) is 0.788. The molecule has 20 heavy (non-hydrogen) atoms. The summed E-state index contributed by atoms with van der Waals surface area (Å²) in [7, 11) is 0. The number of rotatable bonds is 5. The van der Waals surface area contributed by atoms with Gasteiger partial charge in [0.25, 0.3) is 5.91 Å². The number of nitrogens with two attached hydrogens (primary N) is 1. The minimum Gasteiger partial charge on any atom is -0.352 e. The molecule has 0 spiro atoms. The van der Waals surface area contributed by atoms with E-state index in [0.29, 0.717) is 12.1 Å². The summed E-state index contributed by atoms with van der Waals surface area (Å²) in [5.41, 5.74) is 7.88. The van der Waals surface area contributed by atoms with Crippen molar-refractivity contribution in [3.8, 4) is 11.3 Å². The van der Waals surface area contributed by atoms with Crippen LogP contribution in [0, 0.1) is 0 Å². The molecule has 0 saturated carbocycles. The molecule has 1 atom stereocenters. The third kappa shape index (κ3) is 4.08. The lowest BCUT2D eigenvalue weighted by molar-refractivity contribution is 0.0953. The number of H-pyrrole nitrogens is 1. The minimum atomic E-state index is -0.131. The maximum atomic E-state index is 12.1. The van der Waals surface area contributed by atoms with Crippen LogP contribution in [0.4, 0.5) is 0 Å². The fraction of sp³-hybridized carbons (Fsp3) is 0.286. The van der Waals surface area contributed by atoms with E-state index in [9.17, 15) is 4.79 Å². The van der Waals surface area contributed by atoms with Gasteiger partial charge in [0.2, 0.25) is 0 Å².